The molecule has 0 aromatic carbocycles. The minimum atomic E-state index is -0.0759. The fraction of sp³-hybridized carbons (Fsp3) is 0.692. The van der Waals surface area contributed by atoms with Crippen LogP contribution in [0.15, 0.2) is 16.0 Å². The Labute approximate surface area is 113 Å². The molecule has 0 aliphatic rings. The second-order valence-electron chi connectivity index (χ2n) is 4.65. The predicted molar refractivity (Wildman–Crippen MR) is 77.0 cm³/mol. The molecule has 0 aliphatic heterocycles. The zero-order valence-corrected chi connectivity index (χ0v) is 12.2. The molecule has 0 radical (unpaired) electrons. The van der Waals surface area contributed by atoms with Crippen LogP contribution in [0.2, 0.25) is 0 Å². The van der Waals surface area contributed by atoms with Crippen molar-refractivity contribution in [3.8, 4) is 0 Å². The van der Waals surface area contributed by atoms with Crippen LogP contribution in [-0.4, -0.2) is 21.8 Å². The third-order valence-corrected chi connectivity index (χ3v) is 4.08. The number of hydrogen-bond acceptors (Lipinski definition) is 4. The van der Waals surface area contributed by atoms with Gasteiger partial charge in [-0.3, -0.25) is 4.79 Å². The van der Waals surface area contributed by atoms with Gasteiger partial charge in [0, 0.05) is 23.6 Å². The number of aromatic nitrogens is 2. The van der Waals surface area contributed by atoms with Crippen molar-refractivity contribution < 1.29 is 0 Å². The second-order valence-corrected chi connectivity index (χ2v) is 5.66. The highest BCUT2D eigenvalue weighted by Gasteiger charge is 2.12. The van der Waals surface area contributed by atoms with Crippen LogP contribution >= 0.6 is 11.8 Å². The Balaban J connectivity index is 2.64. The first-order chi connectivity index (χ1) is 8.56. The summed E-state index contributed by atoms with van der Waals surface area (Å²) in [7, 11) is 0. The Kier molecular flexibility index (Phi) is 6.43. The first-order valence-corrected chi connectivity index (χ1v) is 7.54. The van der Waals surface area contributed by atoms with Crippen molar-refractivity contribution in [3.63, 3.8) is 0 Å². The number of aryl methyl sites for hydroxylation is 1. The molecular formula is C13H23N3OS. The molecule has 1 heterocycles. The largest absolute Gasteiger partial charge is 0.327 e. The maximum absolute atomic E-state index is 11.5. The molecule has 102 valence electrons. The van der Waals surface area contributed by atoms with E-state index in [1.807, 2.05) is 0 Å². The van der Waals surface area contributed by atoms with Crippen molar-refractivity contribution in [2.75, 3.05) is 5.75 Å². The second kappa shape index (κ2) is 7.59. The average Bonchev–Trinajstić information content (AvgIpc) is 2.34. The van der Waals surface area contributed by atoms with E-state index in [2.05, 4.69) is 30.7 Å². The molecule has 0 aliphatic carbocycles. The highest BCUT2D eigenvalue weighted by atomic mass is 32.2. The highest BCUT2D eigenvalue weighted by Crippen LogP contribution is 2.16. The van der Waals surface area contributed by atoms with E-state index >= 15 is 0 Å². The quantitative estimate of drug-likeness (QED) is 0.588. The number of thioether (sulfide) groups is 1. The van der Waals surface area contributed by atoms with Gasteiger partial charge >= 0.3 is 0 Å². The standard InChI is InChI=1S/C13H23N3OS/c1-4-6-10-7-12(17)16-13(15-10)18-8-11(14)9(3)5-2/h7,9,11H,4-6,8,14H2,1-3H3,(H,15,16,17). The number of H-pyrrole nitrogens is 1. The third-order valence-electron chi connectivity index (χ3n) is 3.07. The van der Waals surface area contributed by atoms with Gasteiger partial charge in [-0.2, -0.15) is 0 Å². The topological polar surface area (TPSA) is 71.8 Å². The van der Waals surface area contributed by atoms with E-state index in [0.717, 1.165) is 30.7 Å². The Morgan fingerprint density at radius 3 is 2.83 bits per heavy atom. The van der Waals surface area contributed by atoms with Crippen LogP contribution in [0.5, 0.6) is 0 Å². The van der Waals surface area contributed by atoms with E-state index < -0.39 is 0 Å². The summed E-state index contributed by atoms with van der Waals surface area (Å²) in [4.78, 5) is 18.7. The van der Waals surface area contributed by atoms with Crippen molar-refractivity contribution in [1.82, 2.24) is 9.97 Å². The first-order valence-electron chi connectivity index (χ1n) is 6.55. The Bertz CT molecular complexity index is 419. The van der Waals surface area contributed by atoms with Crippen LogP contribution in [0.3, 0.4) is 0 Å². The summed E-state index contributed by atoms with van der Waals surface area (Å²) >= 11 is 1.53. The SMILES string of the molecule is CCCc1cc(=O)[nH]c(SCC(N)C(C)CC)n1. The van der Waals surface area contributed by atoms with Crippen LogP contribution in [0.4, 0.5) is 0 Å². The lowest BCUT2D eigenvalue weighted by Gasteiger charge is -2.17. The molecule has 0 fully saturated rings. The monoisotopic (exact) mass is 269 g/mol. The van der Waals surface area contributed by atoms with Crippen molar-refractivity contribution >= 4 is 11.8 Å². The van der Waals surface area contributed by atoms with Crippen molar-refractivity contribution in [1.29, 1.82) is 0 Å². The summed E-state index contributed by atoms with van der Waals surface area (Å²) in [6, 6.07) is 1.71. The molecule has 5 heteroatoms. The van der Waals surface area contributed by atoms with Crippen LogP contribution in [0.1, 0.15) is 39.3 Å². The normalized spacial score (nSPS) is 14.4. The minimum Gasteiger partial charge on any atom is -0.327 e. The smallest absolute Gasteiger partial charge is 0.251 e. The zero-order chi connectivity index (χ0) is 13.5. The van der Waals surface area contributed by atoms with Crippen molar-refractivity contribution in [2.45, 2.75) is 51.2 Å². The number of nitrogens with two attached hydrogens (primary N) is 1. The van der Waals surface area contributed by atoms with Gasteiger partial charge < -0.3 is 10.7 Å². The van der Waals surface area contributed by atoms with Crippen LogP contribution in [0, 0.1) is 5.92 Å². The molecule has 0 spiro atoms. The Morgan fingerprint density at radius 1 is 1.50 bits per heavy atom. The predicted octanol–water partition coefficient (Wildman–Crippen LogP) is 2.19. The first kappa shape index (κ1) is 15.2. The lowest BCUT2D eigenvalue weighted by Crippen LogP contribution is -2.30. The Morgan fingerprint density at radius 2 is 2.22 bits per heavy atom. The maximum atomic E-state index is 11.5. The zero-order valence-electron chi connectivity index (χ0n) is 11.4. The van der Waals surface area contributed by atoms with E-state index in [0.29, 0.717) is 11.1 Å². The molecule has 3 N–H and O–H groups in total. The fourth-order valence-electron chi connectivity index (χ4n) is 1.58. The van der Waals surface area contributed by atoms with Crippen LogP contribution in [0.25, 0.3) is 0 Å². The fourth-order valence-corrected chi connectivity index (χ4v) is 2.61. The summed E-state index contributed by atoms with van der Waals surface area (Å²) in [6.07, 6.45) is 2.91. The van der Waals surface area contributed by atoms with Gasteiger partial charge in [-0.25, -0.2) is 4.98 Å². The number of aromatic amines is 1. The molecule has 0 saturated heterocycles. The van der Waals surface area contributed by atoms with Gasteiger partial charge in [0.25, 0.3) is 5.56 Å². The van der Waals surface area contributed by atoms with Gasteiger partial charge in [0.1, 0.15) is 0 Å². The summed E-state index contributed by atoms with van der Waals surface area (Å²) in [6.45, 7) is 6.36. The molecular weight excluding hydrogens is 246 g/mol. The molecule has 4 nitrogen and oxygen atoms in total. The lowest BCUT2D eigenvalue weighted by molar-refractivity contribution is 0.475. The molecule has 18 heavy (non-hydrogen) atoms. The maximum Gasteiger partial charge on any atom is 0.251 e. The molecule has 0 amide bonds. The summed E-state index contributed by atoms with van der Waals surface area (Å²) < 4.78 is 0. The molecule has 2 atom stereocenters. The summed E-state index contributed by atoms with van der Waals surface area (Å²) in [5, 5.41) is 0.685. The van der Waals surface area contributed by atoms with E-state index in [-0.39, 0.29) is 11.6 Å². The van der Waals surface area contributed by atoms with Gasteiger partial charge in [-0.05, 0) is 12.3 Å². The van der Waals surface area contributed by atoms with Crippen LogP contribution < -0.4 is 11.3 Å². The molecule has 1 aromatic rings. The van der Waals surface area contributed by atoms with Crippen molar-refractivity contribution in [3.05, 3.63) is 22.1 Å². The van der Waals surface area contributed by atoms with E-state index in [4.69, 9.17) is 5.73 Å². The number of rotatable bonds is 7. The number of hydrogen-bond donors (Lipinski definition) is 2. The van der Waals surface area contributed by atoms with Crippen LogP contribution in [-0.2, 0) is 6.42 Å². The third kappa shape index (κ3) is 4.82. The molecule has 1 aromatic heterocycles. The van der Waals surface area contributed by atoms with Gasteiger partial charge in [0.2, 0.25) is 0 Å². The minimum absolute atomic E-state index is 0.0759. The molecule has 1 rings (SSSR count). The van der Waals surface area contributed by atoms with Crippen molar-refractivity contribution in [2.24, 2.45) is 11.7 Å². The number of nitrogens with zero attached hydrogens (tertiary/aromatic N) is 1. The van der Waals surface area contributed by atoms with Gasteiger partial charge in [-0.1, -0.05) is 45.4 Å². The van der Waals surface area contributed by atoms with E-state index in [9.17, 15) is 4.79 Å². The molecule has 0 saturated carbocycles. The molecule has 0 bridgehead atoms. The Hall–Kier alpha value is -0.810. The molecule has 2 unspecified atom stereocenters. The summed E-state index contributed by atoms with van der Waals surface area (Å²) in [5.41, 5.74) is 6.86. The number of nitrogens with one attached hydrogen (secondary N) is 1. The summed E-state index contributed by atoms with van der Waals surface area (Å²) in [5.74, 6) is 1.27. The van der Waals surface area contributed by atoms with Gasteiger partial charge in [0.15, 0.2) is 5.16 Å². The van der Waals surface area contributed by atoms with E-state index in [1.165, 1.54) is 11.8 Å². The van der Waals surface area contributed by atoms with Gasteiger partial charge in [-0.15, -0.1) is 0 Å². The lowest BCUT2D eigenvalue weighted by atomic mass is 10.0. The van der Waals surface area contributed by atoms with E-state index in [1.54, 1.807) is 6.07 Å². The average molecular weight is 269 g/mol. The van der Waals surface area contributed by atoms with Gasteiger partial charge in [0.05, 0.1) is 0 Å². The highest BCUT2D eigenvalue weighted by molar-refractivity contribution is 7.99.